The highest BCUT2D eigenvalue weighted by Gasteiger charge is 2.30. The second-order valence-corrected chi connectivity index (χ2v) is 4.90. The fourth-order valence-electron chi connectivity index (χ4n) is 2.32. The molecule has 0 radical (unpaired) electrons. The average molecular weight is 190 g/mol. The van der Waals surface area contributed by atoms with Crippen molar-refractivity contribution in [2.24, 2.45) is 0 Å². The van der Waals surface area contributed by atoms with Crippen LogP contribution in [0.25, 0.3) is 0 Å². The Balaban J connectivity index is 0.00000121. The summed E-state index contributed by atoms with van der Waals surface area (Å²) in [4.78, 5) is 0. The van der Waals surface area contributed by atoms with Crippen LogP contribution in [0.1, 0.15) is 41.0 Å². The topological polar surface area (TPSA) is 12.0 Å². The molecule has 0 saturated carbocycles. The third kappa shape index (κ3) is 3.16. The number of rotatable bonds is 0. The maximum atomic E-state index is 3.59. The molecule has 1 nitrogen and oxygen atoms in total. The van der Waals surface area contributed by atoms with E-state index in [0.29, 0.717) is 0 Å². The molecule has 2 heteroatoms. The van der Waals surface area contributed by atoms with E-state index in [0.717, 1.165) is 6.42 Å². The second kappa shape index (κ2) is 3.39. The fourth-order valence-corrected chi connectivity index (χ4v) is 2.32. The second-order valence-electron chi connectivity index (χ2n) is 4.90. The van der Waals surface area contributed by atoms with Gasteiger partial charge in [0.25, 0.3) is 0 Å². The fraction of sp³-hybridized carbons (Fsp3) is 0.800. The van der Waals surface area contributed by atoms with Crippen LogP contribution < -0.4 is 5.32 Å². The summed E-state index contributed by atoms with van der Waals surface area (Å²) in [5, 5.41) is 3.59. The minimum absolute atomic E-state index is 0. The normalized spacial score (nSPS) is 25.6. The summed E-state index contributed by atoms with van der Waals surface area (Å²) >= 11 is 0. The van der Waals surface area contributed by atoms with Gasteiger partial charge in [-0.2, -0.15) is 0 Å². The molecule has 1 N–H and O–H groups in total. The van der Waals surface area contributed by atoms with Crippen LogP contribution in [0, 0.1) is 0 Å². The van der Waals surface area contributed by atoms with E-state index in [1.807, 2.05) is 0 Å². The van der Waals surface area contributed by atoms with Crippen LogP contribution in [-0.2, 0) is 0 Å². The molecule has 0 saturated heterocycles. The highest BCUT2D eigenvalue weighted by Crippen LogP contribution is 2.26. The highest BCUT2D eigenvalue weighted by atomic mass is 35.5. The molecule has 0 atom stereocenters. The molecule has 72 valence electrons. The standard InChI is InChI=1S/C10H19N.ClH/c1-8-6-9(2,3)11-10(4,5)7-8;/h6,11H,7H2,1-5H3;1H. The molecule has 1 rings (SSSR count). The van der Waals surface area contributed by atoms with Crippen LogP contribution in [0.2, 0.25) is 0 Å². The van der Waals surface area contributed by atoms with Crippen molar-refractivity contribution in [3.63, 3.8) is 0 Å². The van der Waals surface area contributed by atoms with Crippen LogP contribution in [0.4, 0.5) is 0 Å². The third-order valence-electron chi connectivity index (χ3n) is 1.99. The predicted molar refractivity (Wildman–Crippen MR) is 56.9 cm³/mol. The van der Waals surface area contributed by atoms with Crippen molar-refractivity contribution in [1.29, 1.82) is 0 Å². The summed E-state index contributed by atoms with van der Waals surface area (Å²) in [7, 11) is 0. The first-order valence-electron chi connectivity index (χ1n) is 4.28. The summed E-state index contributed by atoms with van der Waals surface area (Å²) in [6.45, 7) is 11.2. The van der Waals surface area contributed by atoms with Gasteiger partial charge in [0.15, 0.2) is 0 Å². The lowest BCUT2D eigenvalue weighted by Gasteiger charge is -2.40. The first-order valence-corrected chi connectivity index (χ1v) is 4.28. The van der Waals surface area contributed by atoms with Crippen molar-refractivity contribution in [3.05, 3.63) is 11.6 Å². The first kappa shape index (κ1) is 12.0. The monoisotopic (exact) mass is 189 g/mol. The van der Waals surface area contributed by atoms with E-state index >= 15 is 0 Å². The highest BCUT2D eigenvalue weighted by molar-refractivity contribution is 5.85. The van der Waals surface area contributed by atoms with E-state index in [1.165, 1.54) is 5.57 Å². The van der Waals surface area contributed by atoms with Gasteiger partial charge in [-0.25, -0.2) is 0 Å². The zero-order valence-corrected chi connectivity index (χ0v) is 9.51. The third-order valence-corrected chi connectivity index (χ3v) is 1.99. The van der Waals surface area contributed by atoms with Crippen molar-refractivity contribution < 1.29 is 0 Å². The van der Waals surface area contributed by atoms with Gasteiger partial charge in [-0.1, -0.05) is 11.6 Å². The summed E-state index contributed by atoms with van der Waals surface area (Å²) in [5.41, 5.74) is 1.94. The lowest BCUT2D eigenvalue weighted by atomic mass is 9.84. The Morgan fingerprint density at radius 2 is 1.75 bits per heavy atom. The summed E-state index contributed by atoms with van der Waals surface area (Å²) < 4.78 is 0. The Morgan fingerprint density at radius 1 is 1.25 bits per heavy atom. The van der Waals surface area contributed by atoms with Crippen molar-refractivity contribution in [3.8, 4) is 0 Å². The first-order chi connectivity index (χ1) is 4.81. The Bertz CT molecular complexity index is 192. The molecule has 0 amide bonds. The van der Waals surface area contributed by atoms with Gasteiger partial charge in [-0.15, -0.1) is 12.4 Å². The van der Waals surface area contributed by atoms with E-state index in [4.69, 9.17) is 0 Å². The molecule has 0 aromatic carbocycles. The number of nitrogens with one attached hydrogen (secondary N) is 1. The summed E-state index contributed by atoms with van der Waals surface area (Å²) in [6.07, 6.45) is 3.48. The Kier molecular flexibility index (Phi) is 3.39. The van der Waals surface area contributed by atoms with E-state index in [-0.39, 0.29) is 23.5 Å². The largest absolute Gasteiger partial charge is 0.303 e. The molecule has 0 bridgehead atoms. The van der Waals surface area contributed by atoms with Gasteiger partial charge in [-0.3, -0.25) is 0 Å². The van der Waals surface area contributed by atoms with Gasteiger partial charge in [0.2, 0.25) is 0 Å². The van der Waals surface area contributed by atoms with Gasteiger partial charge in [0, 0.05) is 11.1 Å². The molecule has 0 aromatic heterocycles. The van der Waals surface area contributed by atoms with E-state index < -0.39 is 0 Å². The van der Waals surface area contributed by atoms with Crippen molar-refractivity contribution in [2.75, 3.05) is 0 Å². The molecule has 1 aliphatic heterocycles. The maximum absolute atomic E-state index is 3.59. The van der Waals surface area contributed by atoms with Crippen LogP contribution in [-0.4, -0.2) is 11.1 Å². The van der Waals surface area contributed by atoms with Gasteiger partial charge < -0.3 is 5.32 Å². The number of hydrogen-bond acceptors (Lipinski definition) is 1. The molecular weight excluding hydrogens is 170 g/mol. The molecule has 0 fully saturated rings. The van der Waals surface area contributed by atoms with Crippen molar-refractivity contribution in [2.45, 2.75) is 52.1 Å². The van der Waals surface area contributed by atoms with Crippen molar-refractivity contribution in [1.82, 2.24) is 5.32 Å². The molecule has 0 aliphatic carbocycles. The molecule has 0 aromatic rings. The summed E-state index contributed by atoms with van der Waals surface area (Å²) in [5.74, 6) is 0. The number of hydrogen-bond donors (Lipinski definition) is 1. The van der Waals surface area contributed by atoms with Gasteiger partial charge >= 0.3 is 0 Å². The lowest BCUT2D eigenvalue weighted by molar-refractivity contribution is 0.283. The van der Waals surface area contributed by atoms with E-state index in [9.17, 15) is 0 Å². The minimum Gasteiger partial charge on any atom is -0.303 e. The lowest BCUT2D eigenvalue weighted by Crippen LogP contribution is -2.53. The van der Waals surface area contributed by atoms with Crippen molar-refractivity contribution >= 4 is 12.4 Å². The average Bonchev–Trinajstić information content (AvgIpc) is 1.49. The van der Waals surface area contributed by atoms with Crippen LogP contribution in [0.3, 0.4) is 0 Å². The zero-order chi connectivity index (χ0) is 8.70. The predicted octanol–water partition coefficient (Wildman–Crippen LogP) is 2.91. The van der Waals surface area contributed by atoms with E-state index in [1.54, 1.807) is 0 Å². The zero-order valence-electron chi connectivity index (χ0n) is 8.69. The molecular formula is C10H20ClN. The van der Waals surface area contributed by atoms with Crippen LogP contribution >= 0.6 is 12.4 Å². The minimum atomic E-state index is 0. The van der Waals surface area contributed by atoms with Gasteiger partial charge in [-0.05, 0) is 41.0 Å². The Morgan fingerprint density at radius 3 is 2.08 bits per heavy atom. The molecule has 0 unspecified atom stereocenters. The Labute approximate surface area is 82.0 Å². The number of halogens is 1. The SMILES string of the molecule is CC1=CC(C)(C)NC(C)(C)C1.Cl. The van der Waals surface area contributed by atoms with Crippen LogP contribution in [0.15, 0.2) is 11.6 Å². The Hall–Kier alpha value is -0.0100. The molecule has 1 aliphatic rings. The molecule has 12 heavy (non-hydrogen) atoms. The summed E-state index contributed by atoms with van der Waals surface area (Å²) in [6, 6.07) is 0. The van der Waals surface area contributed by atoms with E-state index in [2.05, 4.69) is 46.0 Å². The smallest absolute Gasteiger partial charge is 0.0314 e. The maximum Gasteiger partial charge on any atom is 0.0314 e. The van der Waals surface area contributed by atoms with Gasteiger partial charge in [0.05, 0.1) is 0 Å². The molecule has 0 spiro atoms. The van der Waals surface area contributed by atoms with Crippen LogP contribution in [0.5, 0.6) is 0 Å². The molecule has 1 heterocycles. The quantitative estimate of drug-likeness (QED) is 0.578. The van der Waals surface area contributed by atoms with Gasteiger partial charge in [0.1, 0.15) is 0 Å².